The molecule has 2 aliphatic heterocycles. The third-order valence-corrected chi connectivity index (χ3v) is 7.48. The lowest BCUT2D eigenvalue weighted by Gasteiger charge is -2.16. The van der Waals surface area contributed by atoms with Gasteiger partial charge in [0.15, 0.2) is 5.16 Å². The molecule has 1 aromatic heterocycles. The van der Waals surface area contributed by atoms with Crippen LogP contribution in [-0.2, 0) is 16.6 Å². The summed E-state index contributed by atoms with van der Waals surface area (Å²) >= 11 is 1.62. The molecule has 138 valence electrons. The van der Waals surface area contributed by atoms with Gasteiger partial charge in [-0.1, -0.05) is 11.8 Å². The molecule has 10 heteroatoms. The SMILES string of the molecule is O=C(Nc1nnc2n1CCCS2)c1ccc(S(=O)(=O)N2CCCC2)cc1. The van der Waals surface area contributed by atoms with E-state index in [0.717, 1.165) is 36.7 Å². The zero-order chi connectivity index (χ0) is 18.1. The van der Waals surface area contributed by atoms with Gasteiger partial charge in [-0.2, -0.15) is 4.31 Å². The highest BCUT2D eigenvalue weighted by molar-refractivity contribution is 7.99. The fourth-order valence-electron chi connectivity index (χ4n) is 3.11. The highest BCUT2D eigenvalue weighted by Gasteiger charge is 2.27. The smallest absolute Gasteiger partial charge is 0.258 e. The maximum atomic E-state index is 12.5. The number of benzene rings is 1. The Morgan fingerprint density at radius 3 is 2.50 bits per heavy atom. The highest BCUT2D eigenvalue weighted by Crippen LogP contribution is 2.26. The molecule has 2 aromatic rings. The number of carbonyl (C=O) groups is 1. The maximum Gasteiger partial charge on any atom is 0.258 e. The average Bonchev–Trinajstić information content (AvgIpc) is 3.33. The van der Waals surface area contributed by atoms with Crippen molar-refractivity contribution in [2.75, 3.05) is 24.2 Å². The van der Waals surface area contributed by atoms with E-state index in [-0.39, 0.29) is 10.8 Å². The van der Waals surface area contributed by atoms with E-state index >= 15 is 0 Å². The summed E-state index contributed by atoms with van der Waals surface area (Å²) in [6, 6.07) is 6.02. The van der Waals surface area contributed by atoms with Crippen LogP contribution in [0, 0.1) is 0 Å². The fourth-order valence-corrected chi connectivity index (χ4v) is 5.51. The summed E-state index contributed by atoms with van der Waals surface area (Å²) in [6.45, 7) is 1.89. The van der Waals surface area contributed by atoms with E-state index in [1.165, 1.54) is 28.6 Å². The molecule has 0 atom stereocenters. The van der Waals surface area contributed by atoms with Crippen LogP contribution in [0.3, 0.4) is 0 Å². The van der Waals surface area contributed by atoms with Gasteiger partial charge in [-0.05, 0) is 43.5 Å². The molecule has 26 heavy (non-hydrogen) atoms. The molecule has 1 aromatic carbocycles. The number of anilines is 1. The van der Waals surface area contributed by atoms with Crippen molar-refractivity contribution in [1.29, 1.82) is 0 Å². The molecular weight excluding hydrogens is 374 g/mol. The number of nitrogens with zero attached hydrogens (tertiary/aromatic N) is 4. The summed E-state index contributed by atoms with van der Waals surface area (Å²) in [5.41, 5.74) is 0.381. The number of hydrogen-bond acceptors (Lipinski definition) is 6. The third kappa shape index (κ3) is 3.24. The molecule has 1 saturated heterocycles. The molecule has 0 bridgehead atoms. The van der Waals surface area contributed by atoms with Gasteiger partial charge in [-0.25, -0.2) is 8.42 Å². The second-order valence-corrected chi connectivity index (χ2v) is 9.25. The van der Waals surface area contributed by atoms with Crippen LogP contribution < -0.4 is 5.32 Å². The van der Waals surface area contributed by atoms with Gasteiger partial charge in [-0.3, -0.25) is 14.7 Å². The van der Waals surface area contributed by atoms with E-state index in [0.29, 0.717) is 24.6 Å². The molecule has 0 spiro atoms. The molecule has 1 N–H and O–H groups in total. The van der Waals surface area contributed by atoms with Crippen LogP contribution in [-0.4, -0.2) is 52.2 Å². The van der Waals surface area contributed by atoms with E-state index in [1.54, 1.807) is 11.8 Å². The molecule has 3 heterocycles. The van der Waals surface area contributed by atoms with Gasteiger partial charge in [-0.15, -0.1) is 10.2 Å². The quantitative estimate of drug-likeness (QED) is 0.851. The number of hydrogen-bond donors (Lipinski definition) is 1. The molecular formula is C16H19N5O3S2. The van der Waals surface area contributed by atoms with Gasteiger partial charge in [0.2, 0.25) is 16.0 Å². The van der Waals surface area contributed by atoms with E-state index in [4.69, 9.17) is 0 Å². The van der Waals surface area contributed by atoms with Gasteiger partial charge in [0.1, 0.15) is 0 Å². The first-order chi connectivity index (χ1) is 12.6. The maximum absolute atomic E-state index is 12.5. The lowest BCUT2D eigenvalue weighted by molar-refractivity contribution is 0.102. The minimum absolute atomic E-state index is 0.215. The van der Waals surface area contributed by atoms with E-state index in [2.05, 4.69) is 15.5 Å². The summed E-state index contributed by atoms with van der Waals surface area (Å²) < 4.78 is 28.4. The number of sulfonamides is 1. The molecule has 2 aliphatic rings. The van der Waals surface area contributed by atoms with Crippen molar-refractivity contribution in [2.24, 2.45) is 0 Å². The number of thioether (sulfide) groups is 1. The lowest BCUT2D eigenvalue weighted by Crippen LogP contribution is -2.27. The van der Waals surface area contributed by atoms with Crippen molar-refractivity contribution in [3.05, 3.63) is 29.8 Å². The predicted molar refractivity (Wildman–Crippen MR) is 97.8 cm³/mol. The van der Waals surface area contributed by atoms with Crippen molar-refractivity contribution in [2.45, 2.75) is 35.9 Å². The first-order valence-corrected chi connectivity index (χ1v) is 11.0. The van der Waals surface area contributed by atoms with Crippen LogP contribution in [0.2, 0.25) is 0 Å². The zero-order valence-electron chi connectivity index (χ0n) is 14.1. The van der Waals surface area contributed by atoms with Crippen molar-refractivity contribution >= 4 is 33.6 Å². The van der Waals surface area contributed by atoms with E-state index in [1.807, 2.05) is 4.57 Å². The third-order valence-electron chi connectivity index (χ3n) is 4.52. The minimum Gasteiger partial charge on any atom is -0.290 e. The van der Waals surface area contributed by atoms with Crippen molar-refractivity contribution in [1.82, 2.24) is 19.1 Å². The summed E-state index contributed by atoms with van der Waals surface area (Å²) in [6.07, 6.45) is 2.78. The van der Waals surface area contributed by atoms with Gasteiger partial charge in [0, 0.05) is 31.0 Å². The zero-order valence-corrected chi connectivity index (χ0v) is 15.7. The van der Waals surface area contributed by atoms with E-state index < -0.39 is 10.0 Å². The first-order valence-electron chi connectivity index (χ1n) is 8.53. The summed E-state index contributed by atoms with van der Waals surface area (Å²) in [5, 5.41) is 11.7. The topological polar surface area (TPSA) is 97.2 Å². The Bertz CT molecular complexity index is 918. The Hall–Kier alpha value is -1.91. The molecule has 8 nitrogen and oxygen atoms in total. The standard InChI is InChI=1S/C16H19N5O3S2/c22-14(17-15-18-19-16-21(15)10-3-11-25-16)12-4-6-13(7-5-12)26(23,24)20-8-1-2-9-20/h4-7H,1-3,8-11H2,(H,17,18,22). The van der Waals surface area contributed by atoms with Crippen LogP contribution in [0.5, 0.6) is 0 Å². The van der Waals surface area contributed by atoms with Gasteiger partial charge >= 0.3 is 0 Å². The van der Waals surface area contributed by atoms with Crippen LogP contribution in [0.15, 0.2) is 34.3 Å². The van der Waals surface area contributed by atoms with Crippen molar-refractivity contribution < 1.29 is 13.2 Å². The molecule has 0 aliphatic carbocycles. The highest BCUT2D eigenvalue weighted by atomic mass is 32.2. The molecule has 4 rings (SSSR count). The fraction of sp³-hybridized carbons (Fsp3) is 0.438. The van der Waals surface area contributed by atoms with Gasteiger partial charge in [0.05, 0.1) is 4.90 Å². The minimum atomic E-state index is -3.47. The summed E-state index contributed by atoms with van der Waals surface area (Å²) in [7, 11) is -3.47. The Labute approximate surface area is 156 Å². The second kappa shape index (κ2) is 7.01. The molecule has 0 radical (unpaired) electrons. The summed E-state index contributed by atoms with van der Waals surface area (Å²) in [4.78, 5) is 12.7. The number of amides is 1. The normalized spacial score (nSPS) is 17.8. The molecule has 1 amide bonds. The largest absolute Gasteiger partial charge is 0.290 e. The monoisotopic (exact) mass is 393 g/mol. The number of rotatable bonds is 4. The number of nitrogens with one attached hydrogen (secondary N) is 1. The van der Waals surface area contributed by atoms with Gasteiger partial charge < -0.3 is 0 Å². The van der Waals surface area contributed by atoms with Crippen molar-refractivity contribution in [3.8, 4) is 0 Å². The Morgan fingerprint density at radius 2 is 1.77 bits per heavy atom. The lowest BCUT2D eigenvalue weighted by atomic mass is 10.2. The van der Waals surface area contributed by atoms with Crippen molar-refractivity contribution in [3.63, 3.8) is 0 Å². The first kappa shape index (κ1) is 17.5. The average molecular weight is 393 g/mol. The van der Waals surface area contributed by atoms with Crippen LogP contribution in [0.25, 0.3) is 0 Å². The number of fused-ring (bicyclic) bond motifs is 1. The molecule has 1 fully saturated rings. The summed E-state index contributed by atoms with van der Waals surface area (Å²) in [5.74, 6) is 1.09. The predicted octanol–water partition coefficient (Wildman–Crippen LogP) is 1.81. The number of aromatic nitrogens is 3. The Kier molecular flexibility index (Phi) is 4.72. The van der Waals surface area contributed by atoms with Crippen LogP contribution >= 0.6 is 11.8 Å². The van der Waals surface area contributed by atoms with E-state index in [9.17, 15) is 13.2 Å². The molecule has 0 unspecified atom stereocenters. The van der Waals surface area contributed by atoms with Gasteiger partial charge in [0.25, 0.3) is 5.91 Å². The Balaban J connectivity index is 1.50. The number of carbonyl (C=O) groups excluding carboxylic acids is 1. The molecule has 0 saturated carbocycles. The second-order valence-electron chi connectivity index (χ2n) is 6.25. The van der Waals surface area contributed by atoms with Crippen LogP contribution in [0.1, 0.15) is 29.6 Å². The van der Waals surface area contributed by atoms with Crippen LogP contribution in [0.4, 0.5) is 5.95 Å². The Morgan fingerprint density at radius 1 is 1.04 bits per heavy atom.